The molecule has 0 aliphatic heterocycles. The average Bonchev–Trinajstić information content (AvgIpc) is 1.84. The molecule has 0 aromatic rings. The lowest BCUT2D eigenvalue weighted by atomic mass is 10.4. The van der Waals surface area contributed by atoms with Gasteiger partial charge in [-0.25, -0.2) is 4.79 Å². The van der Waals surface area contributed by atoms with Gasteiger partial charge >= 0.3 is 5.97 Å². The molecule has 6 heteroatoms. The van der Waals surface area contributed by atoms with Crippen LogP contribution in [0.3, 0.4) is 0 Å². The number of amides is 1. The molecule has 0 fully saturated rings. The molecule has 0 saturated heterocycles. The molecule has 5 N–H and O–H groups in total. The molecule has 1 amide bonds. The van der Waals surface area contributed by atoms with Gasteiger partial charge in [0, 0.05) is 0 Å². The maximum atomic E-state index is 9.94. The summed E-state index contributed by atoms with van der Waals surface area (Å²) < 4.78 is 0. The van der Waals surface area contributed by atoms with Crippen LogP contribution in [0.1, 0.15) is 0 Å². The smallest absolute Gasteiger partial charge is 0.375 e. The summed E-state index contributed by atoms with van der Waals surface area (Å²) in [6.45, 7) is 0. The molecule has 0 aromatic carbocycles. The third-order valence-electron chi connectivity index (χ3n) is 0.660. The number of aliphatic hydroxyl groups excluding tert-OH is 2. The van der Waals surface area contributed by atoms with Crippen molar-refractivity contribution in [2.75, 3.05) is 0 Å². The van der Waals surface area contributed by atoms with Gasteiger partial charge in [-0.3, -0.25) is 4.79 Å². The highest BCUT2D eigenvalue weighted by molar-refractivity contribution is 5.97. The molecule has 0 spiro atoms. The van der Waals surface area contributed by atoms with E-state index in [4.69, 9.17) is 15.3 Å². The fourth-order valence-corrected chi connectivity index (χ4v) is 0.218. The van der Waals surface area contributed by atoms with E-state index in [1.807, 2.05) is 0 Å². The van der Waals surface area contributed by atoms with Crippen LogP contribution >= 0.6 is 0 Å². The zero-order chi connectivity index (χ0) is 8.31. The van der Waals surface area contributed by atoms with Crippen LogP contribution in [0.4, 0.5) is 0 Å². The van der Waals surface area contributed by atoms with Crippen LogP contribution in [-0.2, 0) is 9.59 Å². The van der Waals surface area contributed by atoms with Crippen LogP contribution in [0, 0.1) is 0 Å². The third kappa shape index (κ3) is 1.66. The Morgan fingerprint density at radius 1 is 1.00 bits per heavy atom. The second-order valence-corrected chi connectivity index (χ2v) is 1.37. The van der Waals surface area contributed by atoms with Crippen molar-refractivity contribution in [2.45, 2.75) is 0 Å². The minimum atomic E-state index is -1.81. The second kappa shape index (κ2) is 2.72. The predicted octanol–water partition coefficient (Wildman–Crippen LogP) is -1.12. The molecule has 0 atom stereocenters. The lowest BCUT2D eigenvalue weighted by molar-refractivity contribution is -0.136. The van der Waals surface area contributed by atoms with Crippen LogP contribution in [0.25, 0.3) is 0 Å². The van der Waals surface area contributed by atoms with Gasteiger partial charge in [-0.15, -0.1) is 0 Å². The van der Waals surface area contributed by atoms with Crippen molar-refractivity contribution in [3.8, 4) is 0 Å². The number of carboxylic acid groups (broad SMARTS) is 1. The Kier molecular flexibility index (Phi) is 2.25. The maximum absolute atomic E-state index is 9.94. The molecule has 0 rings (SSSR count). The summed E-state index contributed by atoms with van der Waals surface area (Å²) in [5.41, 5.74) is 4.40. The normalized spacial score (nSPS) is 12.0. The van der Waals surface area contributed by atoms with Gasteiger partial charge in [0.05, 0.1) is 0 Å². The van der Waals surface area contributed by atoms with Gasteiger partial charge in [-0.1, -0.05) is 0 Å². The minimum Gasteiger partial charge on any atom is -0.500 e. The summed E-state index contributed by atoms with van der Waals surface area (Å²) in [6, 6.07) is 0. The van der Waals surface area contributed by atoms with E-state index in [0.717, 1.165) is 0 Å². The SMILES string of the molecule is NC(=O)/C(O)=C(/O)C(=O)O. The highest BCUT2D eigenvalue weighted by atomic mass is 16.4. The molecule has 0 aliphatic rings. The van der Waals surface area contributed by atoms with Gasteiger partial charge in [0.1, 0.15) is 0 Å². The summed E-state index contributed by atoms with van der Waals surface area (Å²) in [5, 5.41) is 24.6. The fourth-order valence-electron chi connectivity index (χ4n) is 0.218. The van der Waals surface area contributed by atoms with E-state index in [-0.39, 0.29) is 0 Å². The molecule has 10 heavy (non-hydrogen) atoms. The van der Waals surface area contributed by atoms with Crippen LogP contribution in [0.2, 0.25) is 0 Å². The van der Waals surface area contributed by atoms with Gasteiger partial charge in [-0.05, 0) is 0 Å². The molecule has 0 heterocycles. The van der Waals surface area contributed by atoms with E-state index in [2.05, 4.69) is 5.73 Å². The van der Waals surface area contributed by atoms with E-state index < -0.39 is 23.4 Å². The highest BCUT2D eigenvalue weighted by Crippen LogP contribution is 1.95. The molecule has 0 unspecified atom stereocenters. The van der Waals surface area contributed by atoms with Crippen molar-refractivity contribution < 1.29 is 24.9 Å². The molecular formula is C4H5NO5. The van der Waals surface area contributed by atoms with Crippen molar-refractivity contribution in [1.82, 2.24) is 0 Å². The summed E-state index contributed by atoms with van der Waals surface area (Å²) in [4.78, 5) is 19.7. The van der Waals surface area contributed by atoms with Crippen molar-refractivity contribution in [1.29, 1.82) is 0 Å². The van der Waals surface area contributed by atoms with Crippen molar-refractivity contribution in [3.05, 3.63) is 11.5 Å². The number of hydrogen-bond donors (Lipinski definition) is 4. The van der Waals surface area contributed by atoms with Crippen LogP contribution in [0.5, 0.6) is 0 Å². The number of carbonyl (C=O) groups excluding carboxylic acids is 1. The molecule has 56 valence electrons. The van der Waals surface area contributed by atoms with Crippen LogP contribution in [0.15, 0.2) is 11.5 Å². The van der Waals surface area contributed by atoms with Crippen LogP contribution < -0.4 is 5.73 Å². The van der Waals surface area contributed by atoms with Crippen molar-refractivity contribution in [3.63, 3.8) is 0 Å². The Morgan fingerprint density at radius 2 is 1.40 bits per heavy atom. The topological polar surface area (TPSA) is 121 Å². The number of carbonyl (C=O) groups is 2. The summed E-state index contributed by atoms with van der Waals surface area (Å²) >= 11 is 0. The van der Waals surface area contributed by atoms with Gasteiger partial charge < -0.3 is 21.1 Å². The zero-order valence-corrected chi connectivity index (χ0v) is 4.74. The lowest BCUT2D eigenvalue weighted by Crippen LogP contribution is -2.18. The monoisotopic (exact) mass is 147 g/mol. The average molecular weight is 147 g/mol. The third-order valence-corrected chi connectivity index (χ3v) is 0.660. The number of aliphatic hydroxyl groups is 2. The molecule has 6 nitrogen and oxygen atoms in total. The van der Waals surface area contributed by atoms with Crippen molar-refractivity contribution in [2.24, 2.45) is 5.73 Å². The number of rotatable bonds is 2. The van der Waals surface area contributed by atoms with Crippen LogP contribution in [-0.4, -0.2) is 27.2 Å². The number of carboxylic acids is 1. The van der Waals surface area contributed by atoms with Gasteiger partial charge in [0.25, 0.3) is 5.91 Å². The molecule has 0 saturated carbocycles. The highest BCUT2D eigenvalue weighted by Gasteiger charge is 2.15. The van der Waals surface area contributed by atoms with E-state index in [0.29, 0.717) is 0 Å². The van der Waals surface area contributed by atoms with Crippen molar-refractivity contribution >= 4 is 11.9 Å². The van der Waals surface area contributed by atoms with Gasteiger partial charge in [-0.2, -0.15) is 0 Å². The molecular weight excluding hydrogens is 142 g/mol. The predicted molar refractivity (Wildman–Crippen MR) is 29.1 cm³/mol. The first kappa shape index (κ1) is 8.28. The first-order valence-corrected chi connectivity index (χ1v) is 2.12. The molecule has 0 aliphatic carbocycles. The summed E-state index contributed by atoms with van der Waals surface area (Å²) in [6.07, 6.45) is 0. The number of hydrogen-bond acceptors (Lipinski definition) is 4. The molecule has 0 radical (unpaired) electrons. The van der Waals surface area contributed by atoms with Gasteiger partial charge in [0.15, 0.2) is 0 Å². The lowest BCUT2D eigenvalue weighted by Gasteiger charge is -1.93. The Balaban J connectivity index is 4.67. The summed E-state index contributed by atoms with van der Waals surface area (Å²) in [5.74, 6) is -6.00. The van der Waals surface area contributed by atoms with E-state index in [1.54, 1.807) is 0 Å². The molecule has 0 bridgehead atoms. The van der Waals surface area contributed by atoms with Gasteiger partial charge in [0.2, 0.25) is 11.5 Å². The number of aliphatic carboxylic acids is 1. The van der Waals surface area contributed by atoms with E-state index in [1.165, 1.54) is 0 Å². The largest absolute Gasteiger partial charge is 0.500 e. The van der Waals surface area contributed by atoms with E-state index >= 15 is 0 Å². The quantitative estimate of drug-likeness (QED) is 0.291. The number of primary amides is 1. The Labute approximate surface area is 55.2 Å². The first-order chi connectivity index (χ1) is 4.46. The Bertz CT molecular complexity index is 184. The molecule has 0 aromatic heterocycles. The standard InChI is InChI=1S/C4H5NO5/c5-3(8)1(6)2(7)4(9)10/h6-7H,(H2,5,8)(H,9,10)/b2-1-. The number of nitrogens with two attached hydrogens (primary N) is 1. The fraction of sp³-hybridized carbons (Fsp3) is 0. The zero-order valence-electron chi connectivity index (χ0n) is 4.74. The first-order valence-electron chi connectivity index (χ1n) is 2.12. The van der Waals surface area contributed by atoms with E-state index in [9.17, 15) is 9.59 Å². The maximum Gasteiger partial charge on any atom is 0.375 e. The Morgan fingerprint density at radius 3 is 1.50 bits per heavy atom. The Hall–Kier alpha value is -1.72. The minimum absolute atomic E-state index is 1.35. The summed E-state index contributed by atoms with van der Waals surface area (Å²) in [7, 11) is 0. The second-order valence-electron chi connectivity index (χ2n) is 1.37.